The predicted octanol–water partition coefficient (Wildman–Crippen LogP) is 2.62. The van der Waals surface area contributed by atoms with E-state index in [0.717, 1.165) is 12.0 Å². The lowest BCUT2D eigenvalue weighted by Gasteiger charge is -2.25. The molecule has 1 aromatic rings. The van der Waals surface area contributed by atoms with E-state index in [1.807, 2.05) is 51.1 Å². The molecule has 0 amide bonds. The van der Waals surface area contributed by atoms with Crippen molar-refractivity contribution in [3.63, 3.8) is 0 Å². The van der Waals surface area contributed by atoms with E-state index in [0.29, 0.717) is 6.54 Å². The van der Waals surface area contributed by atoms with Gasteiger partial charge in [0.05, 0.1) is 5.25 Å². The summed E-state index contributed by atoms with van der Waals surface area (Å²) in [6, 6.07) is 10.0. The number of nitrogens with two attached hydrogens (primary N) is 1. The van der Waals surface area contributed by atoms with Crippen LogP contribution in [0.1, 0.15) is 38.0 Å². The van der Waals surface area contributed by atoms with E-state index in [2.05, 4.69) is 0 Å². The molecule has 0 aliphatic rings. The topological polar surface area (TPSA) is 43.1 Å². The average Bonchev–Trinajstić information content (AvgIpc) is 2.25. The lowest BCUT2D eigenvalue weighted by atomic mass is 10.1. The molecule has 0 aromatic heterocycles. The van der Waals surface area contributed by atoms with Crippen molar-refractivity contribution >= 4 is 10.8 Å². The average molecular weight is 239 g/mol. The molecule has 0 aliphatic carbocycles. The first kappa shape index (κ1) is 13.4. The van der Waals surface area contributed by atoms with Gasteiger partial charge in [-0.05, 0) is 39.3 Å². The number of hydrogen-bond donors (Lipinski definition) is 1. The summed E-state index contributed by atoms with van der Waals surface area (Å²) in [5.41, 5.74) is 6.74. The Bertz CT molecular complexity index is 343. The molecule has 3 heteroatoms. The van der Waals surface area contributed by atoms with E-state index < -0.39 is 10.8 Å². The molecule has 0 radical (unpaired) electrons. The third-order valence-corrected chi connectivity index (χ3v) is 4.69. The Hall–Kier alpha value is -0.670. The molecule has 1 rings (SSSR count). The molecule has 2 nitrogen and oxygen atoms in total. The summed E-state index contributed by atoms with van der Waals surface area (Å²) in [6.45, 7) is 6.60. The van der Waals surface area contributed by atoms with Crippen LogP contribution < -0.4 is 5.73 Å². The van der Waals surface area contributed by atoms with Crippen LogP contribution in [0.25, 0.3) is 0 Å². The highest BCUT2D eigenvalue weighted by atomic mass is 32.2. The highest BCUT2D eigenvalue weighted by Crippen LogP contribution is 2.30. The van der Waals surface area contributed by atoms with Crippen LogP contribution >= 0.6 is 0 Å². The molecule has 16 heavy (non-hydrogen) atoms. The summed E-state index contributed by atoms with van der Waals surface area (Å²) in [7, 11) is -0.906. The standard InChI is InChI=1S/C13H21NOS/c1-13(2,3)16(15)12(9-10-14)11-7-5-4-6-8-11/h4-8,12H,9-10,14H2,1-3H3. The zero-order valence-electron chi connectivity index (χ0n) is 10.3. The van der Waals surface area contributed by atoms with Crippen LogP contribution in [0.5, 0.6) is 0 Å². The van der Waals surface area contributed by atoms with Gasteiger partial charge >= 0.3 is 0 Å². The molecule has 2 atom stereocenters. The van der Waals surface area contributed by atoms with Gasteiger partial charge in [0.1, 0.15) is 0 Å². The molecular formula is C13H21NOS. The first-order valence-corrected chi connectivity index (χ1v) is 6.84. The molecule has 0 bridgehead atoms. The zero-order chi connectivity index (χ0) is 12.2. The van der Waals surface area contributed by atoms with Crippen LogP contribution in [0.3, 0.4) is 0 Å². The van der Waals surface area contributed by atoms with Gasteiger partial charge in [0.2, 0.25) is 0 Å². The van der Waals surface area contributed by atoms with Crippen molar-refractivity contribution < 1.29 is 4.21 Å². The van der Waals surface area contributed by atoms with Gasteiger partial charge in [0.15, 0.2) is 0 Å². The molecule has 2 unspecified atom stereocenters. The van der Waals surface area contributed by atoms with E-state index in [4.69, 9.17) is 5.73 Å². The zero-order valence-corrected chi connectivity index (χ0v) is 11.1. The summed E-state index contributed by atoms with van der Waals surface area (Å²) >= 11 is 0. The highest BCUT2D eigenvalue weighted by molar-refractivity contribution is 7.86. The molecule has 0 heterocycles. The quantitative estimate of drug-likeness (QED) is 0.877. The fraction of sp³-hybridized carbons (Fsp3) is 0.538. The molecule has 0 aliphatic heterocycles. The Kier molecular flexibility index (Phi) is 4.69. The Morgan fingerprint density at radius 1 is 1.25 bits per heavy atom. The first-order valence-electron chi connectivity index (χ1n) is 5.62. The van der Waals surface area contributed by atoms with Crippen molar-refractivity contribution in [1.82, 2.24) is 0 Å². The minimum absolute atomic E-state index is 0.0474. The third kappa shape index (κ3) is 3.42. The normalized spacial score (nSPS) is 15.8. The van der Waals surface area contributed by atoms with Crippen molar-refractivity contribution in [1.29, 1.82) is 0 Å². The van der Waals surface area contributed by atoms with Gasteiger partial charge in [-0.25, -0.2) is 0 Å². The fourth-order valence-electron chi connectivity index (χ4n) is 1.64. The summed E-state index contributed by atoms with van der Waals surface area (Å²) in [4.78, 5) is 0. The van der Waals surface area contributed by atoms with Gasteiger partial charge in [-0.3, -0.25) is 4.21 Å². The third-order valence-electron chi connectivity index (χ3n) is 2.46. The van der Waals surface area contributed by atoms with Crippen LogP contribution in [0.4, 0.5) is 0 Å². The second-order valence-corrected chi connectivity index (χ2v) is 7.28. The Morgan fingerprint density at radius 3 is 2.25 bits per heavy atom. The second kappa shape index (κ2) is 5.60. The van der Waals surface area contributed by atoms with E-state index in [1.54, 1.807) is 0 Å². The minimum Gasteiger partial charge on any atom is -0.330 e. The largest absolute Gasteiger partial charge is 0.330 e. The van der Waals surface area contributed by atoms with Gasteiger partial charge in [-0.1, -0.05) is 30.3 Å². The van der Waals surface area contributed by atoms with Gasteiger partial charge < -0.3 is 5.73 Å². The van der Waals surface area contributed by atoms with E-state index >= 15 is 0 Å². The van der Waals surface area contributed by atoms with Crippen LogP contribution in [0.15, 0.2) is 30.3 Å². The summed E-state index contributed by atoms with van der Waals surface area (Å²) in [6.07, 6.45) is 0.772. The Morgan fingerprint density at radius 2 is 1.81 bits per heavy atom. The van der Waals surface area contributed by atoms with Crippen molar-refractivity contribution in [2.75, 3.05) is 6.54 Å². The number of benzene rings is 1. The maximum Gasteiger partial charge on any atom is 0.0614 e. The smallest absolute Gasteiger partial charge is 0.0614 e. The van der Waals surface area contributed by atoms with Crippen molar-refractivity contribution in [2.24, 2.45) is 5.73 Å². The van der Waals surface area contributed by atoms with E-state index in [9.17, 15) is 4.21 Å². The maximum atomic E-state index is 12.4. The number of hydrogen-bond acceptors (Lipinski definition) is 2. The molecule has 0 saturated heterocycles. The van der Waals surface area contributed by atoms with Crippen LogP contribution in [-0.2, 0) is 10.8 Å². The second-order valence-electron chi connectivity index (χ2n) is 4.89. The van der Waals surface area contributed by atoms with Gasteiger partial charge in [0, 0.05) is 15.5 Å². The van der Waals surface area contributed by atoms with Crippen LogP contribution in [0.2, 0.25) is 0 Å². The summed E-state index contributed by atoms with van der Waals surface area (Å²) in [5.74, 6) is 0. The van der Waals surface area contributed by atoms with Crippen molar-refractivity contribution in [3.8, 4) is 0 Å². The molecule has 90 valence electrons. The minimum atomic E-state index is -0.906. The molecule has 0 spiro atoms. The lowest BCUT2D eigenvalue weighted by molar-refractivity contribution is 0.628. The van der Waals surface area contributed by atoms with Crippen LogP contribution in [0, 0.1) is 0 Å². The van der Waals surface area contributed by atoms with Crippen LogP contribution in [-0.4, -0.2) is 15.5 Å². The van der Waals surface area contributed by atoms with Crippen molar-refractivity contribution in [2.45, 2.75) is 37.2 Å². The van der Waals surface area contributed by atoms with Gasteiger partial charge in [-0.15, -0.1) is 0 Å². The molecule has 2 N–H and O–H groups in total. The Labute approximate surface area is 101 Å². The molecule has 0 fully saturated rings. The summed E-state index contributed by atoms with van der Waals surface area (Å²) < 4.78 is 12.2. The fourth-order valence-corrected chi connectivity index (χ4v) is 3.25. The predicted molar refractivity (Wildman–Crippen MR) is 70.7 cm³/mol. The van der Waals surface area contributed by atoms with Gasteiger partial charge in [0.25, 0.3) is 0 Å². The molecular weight excluding hydrogens is 218 g/mol. The molecule has 1 aromatic carbocycles. The van der Waals surface area contributed by atoms with Crippen molar-refractivity contribution in [3.05, 3.63) is 35.9 Å². The highest BCUT2D eigenvalue weighted by Gasteiger charge is 2.28. The van der Waals surface area contributed by atoms with Gasteiger partial charge in [-0.2, -0.15) is 0 Å². The van der Waals surface area contributed by atoms with E-state index in [1.165, 1.54) is 0 Å². The summed E-state index contributed by atoms with van der Waals surface area (Å²) in [5, 5.41) is 0.0474. The maximum absolute atomic E-state index is 12.4. The van der Waals surface area contributed by atoms with E-state index in [-0.39, 0.29) is 10.00 Å². The molecule has 0 saturated carbocycles. The number of rotatable bonds is 4. The first-order chi connectivity index (χ1) is 7.46. The SMILES string of the molecule is CC(C)(C)S(=O)C(CCN)c1ccccc1. The lowest BCUT2D eigenvalue weighted by Crippen LogP contribution is -2.28. The monoisotopic (exact) mass is 239 g/mol. The Balaban J connectivity index is 2.97.